The molecule has 0 unspecified atom stereocenters. The molecule has 0 aromatic heterocycles. The Morgan fingerprint density at radius 3 is 1.73 bits per heavy atom. The highest BCUT2D eigenvalue weighted by Crippen LogP contribution is 1.89. The Morgan fingerprint density at radius 2 is 1.33 bits per heavy atom. The van der Waals surface area contributed by atoms with Crippen LogP contribution in [0.3, 0.4) is 0 Å². The van der Waals surface area contributed by atoms with Crippen molar-refractivity contribution in [3.8, 4) is 0 Å². The molecule has 0 saturated carbocycles. The predicted octanol–water partition coefficient (Wildman–Crippen LogP) is 3.00. The van der Waals surface area contributed by atoms with E-state index >= 15 is 0 Å². The van der Waals surface area contributed by atoms with E-state index in [-0.39, 0.29) is 0 Å². The van der Waals surface area contributed by atoms with Crippen molar-refractivity contribution < 1.29 is 9.47 Å². The smallest absolute Gasteiger partial charge is 0.181 e. The maximum Gasteiger partial charge on any atom is 0.181 e. The number of unbranched alkanes of at least 4 members (excludes halogenated alkanes) is 2. The van der Waals surface area contributed by atoms with E-state index in [4.69, 9.17) is 9.47 Å². The van der Waals surface area contributed by atoms with E-state index in [1.165, 1.54) is 12.8 Å². The SMILES string of the molecule is CCCCOC=CBC=COCCCC. The molecule has 0 bridgehead atoms. The molecule has 2 nitrogen and oxygen atoms in total. The van der Waals surface area contributed by atoms with Crippen LogP contribution < -0.4 is 0 Å². The van der Waals surface area contributed by atoms with Crippen molar-refractivity contribution in [3.63, 3.8) is 0 Å². The van der Waals surface area contributed by atoms with Crippen molar-refractivity contribution in [3.05, 3.63) is 24.5 Å². The number of rotatable bonds is 10. The normalized spacial score (nSPS) is 11.1. The molecule has 0 aromatic carbocycles. The van der Waals surface area contributed by atoms with Crippen molar-refractivity contribution in [1.29, 1.82) is 0 Å². The Labute approximate surface area is 94.6 Å². The van der Waals surface area contributed by atoms with E-state index in [1.807, 2.05) is 12.0 Å². The highest BCUT2D eigenvalue weighted by Gasteiger charge is 1.82. The molecule has 0 aliphatic carbocycles. The molecule has 0 heterocycles. The van der Waals surface area contributed by atoms with Gasteiger partial charge in [0.05, 0.1) is 25.7 Å². The second-order valence-corrected chi connectivity index (χ2v) is 3.43. The van der Waals surface area contributed by atoms with Crippen LogP contribution in [-0.2, 0) is 9.47 Å². The summed E-state index contributed by atoms with van der Waals surface area (Å²) >= 11 is 0. The van der Waals surface area contributed by atoms with Gasteiger partial charge in [-0.15, -0.1) is 0 Å². The molecule has 0 N–H and O–H groups in total. The van der Waals surface area contributed by atoms with Crippen molar-refractivity contribution in [2.45, 2.75) is 39.5 Å². The predicted molar refractivity (Wildman–Crippen MR) is 67.1 cm³/mol. The first-order valence-corrected chi connectivity index (χ1v) is 5.95. The number of hydrogen-bond acceptors (Lipinski definition) is 2. The zero-order valence-electron chi connectivity index (χ0n) is 10.1. The summed E-state index contributed by atoms with van der Waals surface area (Å²) in [7, 11) is 0.873. The Kier molecular flexibility index (Phi) is 12.4. The summed E-state index contributed by atoms with van der Waals surface area (Å²) in [6, 6.07) is 0. The Balaban J connectivity index is 3.14. The lowest BCUT2D eigenvalue weighted by atomic mass is 9.80. The second-order valence-electron chi connectivity index (χ2n) is 3.43. The zero-order valence-corrected chi connectivity index (χ0v) is 10.1. The minimum Gasteiger partial charge on any atom is -0.502 e. The molecule has 15 heavy (non-hydrogen) atoms. The van der Waals surface area contributed by atoms with Gasteiger partial charge in [-0.3, -0.25) is 0 Å². The Bertz CT molecular complexity index is 149. The van der Waals surface area contributed by atoms with Gasteiger partial charge in [0.15, 0.2) is 7.28 Å². The van der Waals surface area contributed by atoms with Crippen LogP contribution in [0.25, 0.3) is 0 Å². The molecule has 0 aliphatic heterocycles. The standard InChI is InChI=1S/C12H23BO2/c1-3-5-9-14-11-7-13-8-12-15-10-6-4-2/h7-8,11-13H,3-6,9-10H2,1-2H3. The van der Waals surface area contributed by atoms with E-state index in [1.54, 1.807) is 12.5 Å². The first-order valence-electron chi connectivity index (χ1n) is 5.95. The van der Waals surface area contributed by atoms with Crippen LogP contribution in [0.15, 0.2) is 24.5 Å². The lowest BCUT2D eigenvalue weighted by Gasteiger charge is -1.97. The summed E-state index contributed by atoms with van der Waals surface area (Å²) < 4.78 is 10.5. The fraction of sp³-hybridized carbons (Fsp3) is 0.667. The molecular formula is C12H23BO2. The fourth-order valence-electron chi connectivity index (χ4n) is 0.917. The van der Waals surface area contributed by atoms with Crippen molar-refractivity contribution in [2.75, 3.05) is 13.2 Å². The highest BCUT2D eigenvalue weighted by molar-refractivity contribution is 6.47. The Morgan fingerprint density at radius 1 is 0.867 bits per heavy atom. The molecule has 3 heteroatoms. The van der Waals surface area contributed by atoms with Gasteiger partial charge in [0.1, 0.15) is 0 Å². The molecule has 0 aromatic rings. The molecule has 0 amide bonds. The van der Waals surface area contributed by atoms with Crippen molar-refractivity contribution >= 4 is 7.28 Å². The summed E-state index contributed by atoms with van der Waals surface area (Å²) in [5, 5.41) is 0. The third-order valence-electron chi connectivity index (χ3n) is 1.89. The third-order valence-corrected chi connectivity index (χ3v) is 1.89. The largest absolute Gasteiger partial charge is 0.502 e. The molecule has 0 rings (SSSR count). The van der Waals surface area contributed by atoms with Gasteiger partial charge in [0.2, 0.25) is 0 Å². The van der Waals surface area contributed by atoms with Gasteiger partial charge in [-0.2, -0.15) is 0 Å². The average molecular weight is 210 g/mol. The van der Waals surface area contributed by atoms with Gasteiger partial charge in [-0.25, -0.2) is 0 Å². The average Bonchev–Trinajstić information content (AvgIpc) is 2.26. The minimum absolute atomic E-state index is 0.823. The molecule has 0 aliphatic rings. The van der Waals surface area contributed by atoms with E-state index < -0.39 is 0 Å². The number of hydrogen-bond donors (Lipinski definition) is 0. The fourth-order valence-corrected chi connectivity index (χ4v) is 0.917. The van der Waals surface area contributed by atoms with Crippen LogP contribution in [0.5, 0.6) is 0 Å². The van der Waals surface area contributed by atoms with Gasteiger partial charge in [-0.05, 0) is 12.8 Å². The first-order chi connectivity index (χ1) is 7.41. The number of ether oxygens (including phenoxy) is 2. The van der Waals surface area contributed by atoms with Gasteiger partial charge in [0, 0.05) is 0 Å². The molecule has 86 valence electrons. The summed E-state index contributed by atoms with van der Waals surface area (Å²) in [6.45, 7) is 5.96. The van der Waals surface area contributed by atoms with E-state index in [0.717, 1.165) is 33.3 Å². The van der Waals surface area contributed by atoms with Crippen molar-refractivity contribution in [1.82, 2.24) is 0 Å². The van der Waals surface area contributed by atoms with Gasteiger partial charge >= 0.3 is 0 Å². The van der Waals surface area contributed by atoms with Crippen LogP contribution in [0, 0.1) is 0 Å². The highest BCUT2D eigenvalue weighted by atomic mass is 16.5. The van der Waals surface area contributed by atoms with Crippen LogP contribution in [0.2, 0.25) is 0 Å². The zero-order chi connectivity index (χ0) is 11.2. The monoisotopic (exact) mass is 210 g/mol. The molecule has 0 radical (unpaired) electrons. The van der Waals surface area contributed by atoms with Crippen molar-refractivity contribution in [2.24, 2.45) is 0 Å². The second kappa shape index (κ2) is 13.1. The summed E-state index contributed by atoms with van der Waals surface area (Å²) in [6.07, 6.45) is 8.15. The first kappa shape index (κ1) is 14.1. The van der Waals surface area contributed by atoms with Gasteiger partial charge in [0.25, 0.3) is 0 Å². The van der Waals surface area contributed by atoms with Gasteiger partial charge < -0.3 is 9.47 Å². The van der Waals surface area contributed by atoms with E-state index in [9.17, 15) is 0 Å². The topological polar surface area (TPSA) is 18.5 Å². The maximum atomic E-state index is 5.26. The summed E-state index contributed by atoms with van der Waals surface area (Å²) in [5.74, 6) is 3.99. The maximum absolute atomic E-state index is 5.26. The van der Waals surface area contributed by atoms with E-state index in [2.05, 4.69) is 13.8 Å². The lowest BCUT2D eigenvalue weighted by Crippen LogP contribution is -1.88. The molecular weight excluding hydrogens is 187 g/mol. The summed E-state index contributed by atoms with van der Waals surface area (Å²) in [5.41, 5.74) is 0. The van der Waals surface area contributed by atoms with Gasteiger partial charge in [-0.1, -0.05) is 38.6 Å². The lowest BCUT2D eigenvalue weighted by molar-refractivity contribution is 0.244. The quantitative estimate of drug-likeness (QED) is 0.313. The molecule has 0 saturated heterocycles. The van der Waals surface area contributed by atoms with Crippen LogP contribution >= 0.6 is 0 Å². The van der Waals surface area contributed by atoms with Crippen LogP contribution in [-0.4, -0.2) is 20.5 Å². The Hall–Kier alpha value is -0.855. The van der Waals surface area contributed by atoms with Crippen LogP contribution in [0.4, 0.5) is 0 Å². The third kappa shape index (κ3) is 13.1. The molecule has 0 atom stereocenters. The van der Waals surface area contributed by atoms with E-state index in [0.29, 0.717) is 0 Å². The minimum atomic E-state index is 0.823. The molecule has 0 spiro atoms. The molecule has 0 fully saturated rings. The summed E-state index contributed by atoms with van der Waals surface area (Å²) in [4.78, 5) is 0. The van der Waals surface area contributed by atoms with Crippen LogP contribution in [0.1, 0.15) is 39.5 Å².